The van der Waals surface area contributed by atoms with Crippen molar-refractivity contribution in [3.63, 3.8) is 0 Å². The van der Waals surface area contributed by atoms with E-state index in [1.165, 1.54) is 0 Å². The highest BCUT2D eigenvalue weighted by Gasteiger charge is 2.42. The number of hydrogen-bond donors (Lipinski definition) is 2. The van der Waals surface area contributed by atoms with E-state index in [1.807, 2.05) is 42.5 Å². The number of benzene rings is 2. The molecule has 1 aliphatic carbocycles. The maximum absolute atomic E-state index is 9.56. The van der Waals surface area contributed by atoms with Crippen LogP contribution in [-0.4, -0.2) is 23.9 Å². The van der Waals surface area contributed by atoms with E-state index in [1.54, 1.807) is 0 Å². The lowest BCUT2D eigenvalue weighted by atomic mass is 9.97. The minimum absolute atomic E-state index is 0.0365. The van der Waals surface area contributed by atoms with Crippen molar-refractivity contribution >= 4 is 0 Å². The molecule has 3 rings (SSSR count). The van der Waals surface area contributed by atoms with Gasteiger partial charge >= 0.3 is 0 Å². The van der Waals surface area contributed by atoms with Gasteiger partial charge in [0.25, 0.3) is 0 Å². The smallest absolute Gasteiger partial charge is 0.127 e. The van der Waals surface area contributed by atoms with E-state index in [9.17, 15) is 5.11 Å². The van der Waals surface area contributed by atoms with E-state index >= 15 is 0 Å². The molecule has 1 unspecified atom stereocenters. The third-order valence-electron chi connectivity index (χ3n) is 4.15. The van der Waals surface area contributed by atoms with Gasteiger partial charge in [-0.2, -0.15) is 0 Å². The molecule has 0 radical (unpaired) electrons. The van der Waals surface area contributed by atoms with Crippen LogP contribution in [-0.2, 0) is 0 Å². The fourth-order valence-corrected chi connectivity index (χ4v) is 2.61. The highest BCUT2D eigenvalue weighted by molar-refractivity contribution is 5.70. The van der Waals surface area contributed by atoms with Crippen LogP contribution in [0.15, 0.2) is 54.6 Å². The monoisotopic (exact) mass is 283 g/mol. The number of nitrogens with two attached hydrogens (primary N) is 1. The lowest BCUT2D eigenvalue weighted by Crippen LogP contribution is -2.51. The minimum atomic E-state index is -0.621. The Labute approximate surface area is 125 Å². The van der Waals surface area contributed by atoms with E-state index < -0.39 is 5.54 Å². The Morgan fingerprint density at radius 1 is 1.05 bits per heavy atom. The predicted octanol–water partition coefficient (Wildman–Crippen LogP) is 2.83. The molecule has 0 bridgehead atoms. The van der Waals surface area contributed by atoms with Crippen molar-refractivity contribution in [2.24, 2.45) is 11.7 Å². The Bertz CT molecular complexity index is 595. The minimum Gasteiger partial charge on any atom is -0.491 e. The van der Waals surface area contributed by atoms with Gasteiger partial charge in [-0.25, -0.2) is 0 Å². The molecule has 110 valence electrons. The van der Waals surface area contributed by atoms with Gasteiger partial charge < -0.3 is 15.6 Å². The van der Waals surface area contributed by atoms with Crippen LogP contribution in [0.25, 0.3) is 11.1 Å². The van der Waals surface area contributed by atoms with Crippen LogP contribution >= 0.6 is 0 Å². The number of aliphatic hydroxyl groups is 1. The Morgan fingerprint density at radius 3 is 2.38 bits per heavy atom. The van der Waals surface area contributed by atoms with Gasteiger partial charge in [-0.15, -0.1) is 0 Å². The van der Waals surface area contributed by atoms with Gasteiger partial charge in [-0.1, -0.05) is 48.5 Å². The molecule has 0 heterocycles. The summed E-state index contributed by atoms with van der Waals surface area (Å²) in [6.45, 7) is 0.309. The van der Waals surface area contributed by atoms with Gasteiger partial charge in [0, 0.05) is 5.56 Å². The van der Waals surface area contributed by atoms with Crippen LogP contribution in [0.3, 0.4) is 0 Å². The standard InChI is InChI=1S/C18H21NO2/c19-18(12-20,15-10-11-15)13-21-17-9-5-4-8-16(17)14-6-2-1-3-7-14/h1-9,15,20H,10-13,19H2. The average molecular weight is 283 g/mol. The molecule has 3 N–H and O–H groups in total. The van der Waals surface area contributed by atoms with Crippen molar-refractivity contribution < 1.29 is 9.84 Å². The SMILES string of the molecule is NC(CO)(COc1ccccc1-c1ccccc1)C1CC1. The first-order chi connectivity index (χ1) is 10.2. The van der Waals surface area contributed by atoms with Crippen LogP contribution in [0, 0.1) is 5.92 Å². The largest absolute Gasteiger partial charge is 0.491 e. The molecular weight excluding hydrogens is 262 g/mol. The number of rotatable bonds is 6. The molecule has 21 heavy (non-hydrogen) atoms. The maximum atomic E-state index is 9.56. The fourth-order valence-electron chi connectivity index (χ4n) is 2.61. The van der Waals surface area contributed by atoms with E-state index in [4.69, 9.17) is 10.5 Å². The lowest BCUT2D eigenvalue weighted by Gasteiger charge is -2.27. The first-order valence-electron chi connectivity index (χ1n) is 7.40. The van der Waals surface area contributed by atoms with Crippen molar-refractivity contribution in [1.82, 2.24) is 0 Å². The zero-order valence-electron chi connectivity index (χ0n) is 12.0. The van der Waals surface area contributed by atoms with Gasteiger partial charge in [0.05, 0.1) is 12.1 Å². The first kappa shape index (κ1) is 14.1. The van der Waals surface area contributed by atoms with E-state index in [-0.39, 0.29) is 6.61 Å². The third kappa shape index (κ3) is 3.09. The van der Waals surface area contributed by atoms with Crippen LogP contribution in [0.4, 0.5) is 0 Å². The zero-order valence-corrected chi connectivity index (χ0v) is 12.0. The number of hydrogen-bond acceptors (Lipinski definition) is 3. The summed E-state index contributed by atoms with van der Waals surface area (Å²) < 4.78 is 5.96. The second kappa shape index (κ2) is 5.88. The summed E-state index contributed by atoms with van der Waals surface area (Å²) >= 11 is 0. The molecule has 1 aliphatic rings. The third-order valence-corrected chi connectivity index (χ3v) is 4.15. The summed E-state index contributed by atoms with van der Waals surface area (Å²) in [4.78, 5) is 0. The predicted molar refractivity (Wildman–Crippen MR) is 84.1 cm³/mol. The number of aliphatic hydroxyl groups excluding tert-OH is 1. The molecule has 0 aromatic heterocycles. The van der Waals surface area contributed by atoms with Gasteiger partial charge in [0.2, 0.25) is 0 Å². The molecule has 3 nitrogen and oxygen atoms in total. The van der Waals surface area contributed by atoms with E-state index in [2.05, 4.69) is 12.1 Å². The Balaban J connectivity index is 1.80. The number of para-hydroxylation sites is 1. The van der Waals surface area contributed by atoms with Crippen molar-refractivity contribution in [2.45, 2.75) is 18.4 Å². The molecule has 2 aromatic carbocycles. The van der Waals surface area contributed by atoms with Gasteiger partial charge in [0.15, 0.2) is 0 Å². The van der Waals surface area contributed by atoms with Crippen LogP contribution in [0.5, 0.6) is 5.75 Å². The normalized spacial score (nSPS) is 17.2. The molecular formula is C18H21NO2. The molecule has 1 atom stereocenters. The molecule has 1 saturated carbocycles. The average Bonchev–Trinajstić information content (AvgIpc) is 3.39. The zero-order chi connectivity index (χ0) is 14.7. The fraction of sp³-hybridized carbons (Fsp3) is 0.333. The lowest BCUT2D eigenvalue weighted by molar-refractivity contribution is 0.117. The highest BCUT2D eigenvalue weighted by atomic mass is 16.5. The quantitative estimate of drug-likeness (QED) is 0.857. The van der Waals surface area contributed by atoms with Crippen LogP contribution in [0.1, 0.15) is 12.8 Å². The molecule has 2 aromatic rings. The summed E-state index contributed by atoms with van der Waals surface area (Å²) in [6, 6.07) is 18.1. The second-order valence-corrected chi connectivity index (χ2v) is 5.82. The summed E-state index contributed by atoms with van der Waals surface area (Å²) in [5.41, 5.74) is 7.81. The summed E-state index contributed by atoms with van der Waals surface area (Å²) in [6.07, 6.45) is 2.17. The van der Waals surface area contributed by atoms with Crippen molar-refractivity contribution in [3.8, 4) is 16.9 Å². The second-order valence-electron chi connectivity index (χ2n) is 5.82. The summed E-state index contributed by atoms with van der Waals surface area (Å²) in [5, 5.41) is 9.56. The van der Waals surface area contributed by atoms with E-state index in [0.717, 1.165) is 29.7 Å². The van der Waals surface area contributed by atoms with Crippen LogP contribution < -0.4 is 10.5 Å². The Kier molecular flexibility index (Phi) is 3.95. The van der Waals surface area contributed by atoms with E-state index in [0.29, 0.717) is 12.5 Å². The first-order valence-corrected chi connectivity index (χ1v) is 7.40. The molecule has 0 amide bonds. The Morgan fingerprint density at radius 2 is 1.71 bits per heavy atom. The molecule has 1 fully saturated rings. The van der Waals surface area contributed by atoms with Crippen molar-refractivity contribution in [1.29, 1.82) is 0 Å². The summed E-state index contributed by atoms with van der Waals surface area (Å²) in [5.74, 6) is 1.19. The van der Waals surface area contributed by atoms with Gasteiger partial charge in [-0.3, -0.25) is 0 Å². The summed E-state index contributed by atoms with van der Waals surface area (Å²) in [7, 11) is 0. The molecule has 0 saturated heterocycles. The van der Waals surface area contributed by atoms with Gasteiger partial charge in [0.1, 0.15) is 12.4 Å². The maximum Gasteiger partial charge on any atom is 0.127 e. The number of ether oxygens (including phenoxy) is 1. The van der Waals surface area contributed by atoms with Gasteiger partial charge in [-0.05, 0) is 30.4 Å². The topological polar surface area (TPSA) is 55.5 Å². The molecule has 0 spiro atoms. The van der Waals surface area contributed by atoms with Crippen LogP contribution in [0.2, 0.25) is 0 Å². The molecule has 0 aliphatic heterocycles. The Hall–Kier alpha value is -1.84. The van der Waals surface area contributed by atoms with Crippen molar-refractivity contribution in [2.75, 3.05) is 13.2 Å². The highest BCUT2D eigenvalue weighted by Crippen LogP contribution is 2.39. The van der Waals surface area contributed by atoms with Crippen molar-refractivity contribution in [3.05, 3.63) is 54.6 Å². The molecule has 3 heteroatoms.